The smallest absolute Gasteiger partial charge is 0.337 e. The van der Waals surface area contributed by atoms with Gasteiger partial charge in [-0.1, -0.05) is 12.1 Å². The summed E-state index contributed by atoms with van der Waals surface area (Å²) in [4.78, 5) is 16.0. The first-order chi connectivity index (χ1) is 12.4. The van der Waals surface area contributed by atoms with Gasteiger partial charge in [-0.05, 0) is 36.2 Å². The van der Waals surface area contributed by atoms with Crippen molar-refractivity contribution >= 4 is 16.0 Å². The van der Waals surface area contributed by atoms with Gasteiger partial charge in [-0.15, -0.1) is 0 Å². The van der Waals surface area contributed by atoms with Crippen molar-refractivity contribution in [2.75, 3.05) is 26.7 Å². The number of aromatic nitrogens is 1. The molecule has 26 heavy (non-hydrogen) atoms. The first kappa shape index (κ1) is 18.5. The summed E-state index contributed by atoms with van der Waals surface area (Å²) in [5.74, 6) is -0.564. The SMILES string of the molecule is COC(=O)c1ccc(C)c(S(=O)(=O)N2CCNCC2c2cccnc2)c1. The molecule has 1 N–H and O–H groups in total. The number of ether oxygens (including phenoxy) is 1. The van der Waals surface area contributed by atoms with E-state index in [0.29, 0.717) is 25.2 Å². The van der Waals surface area contributed by atoms with Gasteiger partial charge in [-0.25, -0.2) is 13.2 Å². The van der Waals surface area contributed by atoms with Crippen LogP contribution in [-0.4, -0.2) is 50.4 Å². The molecule has 1 aliphatic rings. The molecule has 1 aliphatic heterocycles. The fourth-order valence-electron chi connectivity index (χ4n) is 3.08. The third-order valence-electron chi connectivity index (χ3n) is 4.46. The number of pyridine rings is 1. The molecule has 0 aliphatic carbocycles. The average Bonchev–Trinajstić information content (AvgIpc) is 2.68. The summed E-state index contributed by atoms with van der Waals surface area (Å²) in [6.45, 7) is 3.12. The molecular formula is C18H21N3O4S. The van der Waals surface area contributed by atoms with E-state index in [1.807, 2.05) is 6.07 Å². The number of aryl methyl sites for hydroxylation is 1. The molecule has 0 amide bonds. The van der Waals surface area contributed by atoms with E-state index in [9.17, 15) is 13.2 Å². The van der Waals surface area contributed by atoms with Crippen molar-refractivity contribution in [3.05, 3.63) is 59.4 Å². The van der Waals surface area contributed by atoms with Gasteiger partial charge in [0, 0.05) is 32.0 Å². The number of benzene rings is 1. The zero-order chi connectivity index (χ0) is 18.7. The molecule has 138 valence electrons. The van der Waals surface area contributed by atoms with Crippen LogP contribution in [-0.2, 0) is 14.8 Å². The molecule has 3 rings (SSSR count). The number of carbonyl (C=O) groups excluding carboxylic acids is 1. The van der Waals surface area contributed by atoms with Crippen LogP contribution in [0.15, 0.2) is 47.6 Å². The summed E-state index contributed by atoms with van der Waals surface area (Å²) in [6, 6.07) is 7.88. The van der Waals surface area contributed by atoms with Crippen molar-refractivity contribution in [3.8, 4) is 0 Å². The van der Waals surface area contributed by atoms with Crippen molar-refractivity contribution in [3.63, 3.8) is 0 Å². The summed E-state index contributed by atoms with van der Waals surface area (Å²) >= 11 is 0. The van der Waals surface area contributed by atoms with Crippen LogP contribution in [0.4, 0.5) is 0 Å². The second kappa shape index (κ2) is 7.53. The maximum atomic E-state index is 13.4. The predicted octanol–water partition coefficient (Wildman–Crippen LogP) is 1.51. The lowest BCUT2D eigenvalue weighted by Gasteiger charge is -2.35. The molecule has 8 heteroatoms. The van der Waals surface area contributed by atoms with Gasteiger partial charge in [0.25, 0.3) is 0 Å². The normalized spacial score (nSPS) is 18.5. The molecule has 0 bridgehead atoms. The molecule has 1 unspecified atom stereocenters. The second-order valence-electron chi connectivity index (χ2n) is 6.09. The molecule has 1 fully saturated rings. The maximum absolute atomic E-state index is 13.4. The number of hydrogen-bond donors (Lipinski definition) is 1. The molecule has 0 radical (unpaired) electrons. The summed E-state index contributed by atoms with van der Waals surface area (Å²) in [5.41, 5.74) is 1.62. The van der Waals surface area contributed by atoms with Gasteiger partial charge < -0.3 is 10.1 Å². The number of sulfonamides is 1. The lowest BCUT2D eigenvalue weighted by Crippen LogP contribution is -2.48. The number of rotatable bonds is 4. The van der Waals surface area contributed by atoms with Crippen molar-refractivity contribution in [2.24, 2.45) is 0 Å². The minimum atomic E-state index is -3.80. The first-order valence-electron chi connectivity index (χ1n) is 8.26. The molecule has 0 spiro atoms. The zero-order valence-electron chi connectivity index (χ0n) is 14.7. The van der Waals surface area contributed by atoms with Crippen LogP contribution in [0.1, 0.15) is 27.5 Å². The Morgan fingerprint density at radius 1 is 1.35 bits per heavy atom. The summed E-state index contributed by atoms with van der Waals surface area (Å²) in [7, 11) is -2.53. The Morgan fingerprint density at radius 3 is 2.85 bits per heavy atom. The maximum Gasteiger partial charge on any atom is 0.337 e. The van der Waals surface area contributed by atoms with Crippen molar-refractivity contribution in [1.82, 2.24) is 14.6 Å². The van der Waals surface area contributed by atoms with Crippen molar-refractivity contribution in [1.29, 1.82) is 0 Å². The van der Waals surface area contributed by atoms with E-state index in [1.54, 1.807) is 37.5 Å². The molecule has 1 aromatic carbocycles. The quantitative estimate of drug-likeness (QED) is 0.815. The lowest BCUT2D eigenvalue weighted by molar-refractivity contribution is 0.0600. The van der Waals surface area contributed by atoms with Gasteiger partial charge in [-0.2, -0.15) is 4.31 Å². The first-order valence-corrected chi connectivity index (χ1v) is 9.70. The number of nitrogens with zero attached hydrogens (tertiary/aromatic N) is 2. The standard InChI is InChI=1S/C18H21N3O4S/c1-13-5-6-14(18(22)25-2)10-17(13)26(23,24)21-9-8-20-12-16(21)15-4-3-7-19-11-15/h3-7,10-11,16,20H,8-9,12H2,1-2H3. The van der Waals surface area contributed by atoms with Crippen LogP contribution in [0, 0.1) is 6.92 Å². The van der Waals surface area contributed by atoms with Gasteiger partial charge in [0.2, 0.25) is 10.0 Å². The predicted molar refractivity (Wildman–Crippen MR) is 96.3 cm³/mol. The number of carbonyl (C=O) groups is 1. The summed E-state index contributed by atoms with van der Waals surface area (Å²) < 4.78 is 33.0. The summed E-state index contributed by atoms with van der Waals surface area (Å²) in [6.07, 6.45) is 3.33. The van der Waals surface area contributed by atoms with Crippen LogP contribution >= 0.6 is 0 Å². The van der Waals surface area contributed by atoms with E-state index in [-0.39, 0.29) is 16.5 Å². The molecule has 1 atom stereocenters. The van der Waals surface area contributed by atoms with Crippen molar-refractivity contribution in [2.45, 2.75) is 17.9 Å². The van der Waals surface area contributed by atoms with Gasteiger partial charge in [0.05, 0.1) is 23.6 Å². The molecule has 2 heterocycles. The second-order valence-corrected chi connectivity index (χ2v) is 7.95. The minimum Gasteiger partial charge on any atom is -0.465 e. The lowest BCUT2D eigenvalue weighted by atomic mass is 10.1. The largest absolute Gasteiger partial charge is 0.465 e. The zero-order valence-corrected chi connectivity index (χ0v) is 15.5. The van der Waals surface area contributed by atoms with Gasteiger partial charge >= 0.3 is 5.97 Å². The van der Waals surface area contributed by atoms with E-state index in [2.05, 4.69) is 10.3 Å². The Morgan fingerprint density at radius 2 is 2.15 bits per heavy atom. The van der Waals surface area contributed by atoms with Crippen LogP contribution in [0.25, 0.3) is 0 Å². The fraction of sp³-hybridized carbons (Fsp3) is 0.333. The number of hydrogen-bond acceptors (Lipinski definition) is 6. The molecule has 0 saturated carbocycles. The highest BCUT2D eigenvalue weighted by Crippen LogP contribution is 2.30. The number of nitrogens with one attached hydrogen (secondary N) is 1. The highest BCUT2D eigenvalue weighted by Gasteiger charge is 2.35. The van der Waals surface area contributed by atoms with Gasteiger partial charge in [-0.3, -0.25) is 4.98 Å². The number of esters is 1. The van der Waals surface area contributed by atoms with E-state index in [1.165, 1.54) is 17.5 Å². The van der Waals surface area contributed by atoms with Crippen LogP contribution in [0.3, 0.4) is 0 Å². The number of methoxy groups -OCH3 is 1. The molecule has 7 nitrogen and oxygen atoms in total. The highest BCUT2D eigenvalue weighted by atomic mass is 32.2. The Bertz CT molecular complexity index is 900. The van der Waals surface area contributed by atoms with E-state index >= 15 is 0 Å². The highest BCUT2D eigenvalue weighted by molar-refractivity contribution is 7.89. The molecular weight excluding hydrogens is 354 g/mol. The van der Waals surface area contributed by atoms with Crippen LogP contribution in [0.2, 0.25) is 0 Å². The Kier molecular flexibility index (Phi) is 5.36. The van der Waals surface area contributed by atoms with Crippen molar-refractivity contribution < 1.29 is 17.9 Å². The van der Waals surface area contributed by atoms with E-state index in [4.69, 9.17) is 4.74 Å². The third kappa shape index (κ3) is 3.48. The Labute approximate surface area is 153 Å². The Hall–Kier alpha value is -2.29. The van der Waals surface area contributed by atoms with E-state index < -0.39 is 16.0 Å². The average molecular weight is 375 g/mol. The van der Waals surface area contributed by atoms with Crippen LogP contribution < -0.4 is 5.32 Å². The van der Waals surface area contributed by atoms with Gasteiger partial charge in [0.15, 0.2) is 0 Å². The van der Waals surface area contributed by atoms with Crippen LogP contribution in [0.5, 0.6) is 0 Å². The monoisotopic (exact) mass is 375 g/mol. The molecule has 1 aromatic heterocycles. The molecule has 1 saturated heterocycles. The minimum absolute atomic E-state index is 0.121. The fourth-order valence-corrected chi connectivity index (χ4v) is 4.95. The van der Waals surface area contributed by atoms with Gasteiger partial charge in [0.1, 0.15) is 0 Å². The summed E-state index contributed by atoms with van der Waals surface area (Å²) in [5, 5.41) is 3.23. The third-order valence-corrected chi connectivity index (χ3v) is 6.51. The number of piperazine rings is 1. The Balaban J connectivity index is 2.04. The van der Waals surface area contributed by atoms with E-state index in [0.717, 1.165) is 5.56 Å². The topological polar surface area (TPSA) is 88.6 Å². The molecule has 2 aromatic rings.